The van der Waals surface area contributed by atoms with Crippen LogP contribution in [0.25, 0.3) is 0 Å². The number of carbonyl (C=O) groups excluding carboxylic acids is 2. The fraction of sp³-hybridized carbons (Fsp3) is 0.133. The molecule has 0 fully saturated rings. The average molecular weight is 764 g/mol. The monoisotopic (exact) mass is 764 g/mol. The van der Waals surface area contributed by atoms with Gasteiger partial charge in [0.25, 0.3) is 0 Å². The molecular formula is C30H26I2N2O4S. The number of halogens is 2. The van der Waals surface area contributed by atoms with Crippen LogP contribution in [-0.2, 0) is 32.3 Å². The van der Waals surface area contributed by atoms with Gasteiger partial charge in [-0.15, -0.1) is 0 Å². The van der Waals surface area contributed by atoms with Gasteiger partial charge < -0.3 is 10.6 Å². The van der Waals surface area contributed by atoms with Crippen molar-refractivity contribution in [2.24, 2.45) is 0 Å². The highest BCUT2D eigenvalue weighted by atomic mass is 127. The first kappa shape index (κ1) is 29.2. The summed E-state index contributed by atoms with van der Waals surface area (Å²) in [4.78, 5) is 25.4. The molecule has 0 aliphatic carbocycles. The molecule has 4 aromatic carbocycles. The van der Waals surface area contributed by atoms with Crippen LogP contribution in [-0.4, -0.2) is 28.1 Å². The zero-order chi connectivity index (χ0) is 27.8. The molecule has 0 radical (unpaired) electrons. The number of alkyl halides is 2. The Bertz CT molecular complexity index is 1400. The first-order valence-corrected chi connectivity index (χ1v) is 16.1. The van der Waals surface area contributed by atoms with Crippen molar-refractivity contribution in [1.82, 2.24) is 0 Å². The predicted molar refractivity (Wildman–Crippen MR) is 172 cm³/mol. The largest absolute Gasteiger partial charge is 0.325 e. The lowest BCUT2D eigenvalue weighted by Gasteiger charge is -2.12. The Morgan fingerprint density at radius 3 is 1.23 bits per heavy atom. The van der Waals surface area contributed by atoms with E-state index in [1.165, 1.54) is 0 Å². The molecule has 4 aromatic rings. The maximum absolute atomic E-state index is 13.2. The minimum atomic E-state index is -3.71. The number of sulfone groups is 1. The van der Waals surface area contributed by atoms with Crippen LogP contribution < -0.4 is 10.6 Å². The molecule has 0 aliphatic rings. The van der Waals surface area contributed by atoms with Crippen LogP contribution in [0.4, 0.5) is 11.4 Å². The molecular weight excluding hydrogens is 738 g/mol. The molecule has 2 unspecified atom stereocenters. The van der Waals surface area contributed by atoms with E-state index < -0.39 is 9.84 Å². The van der Waals surface area contributed by atoms with Crippen LogP contribution in [0, 0.1) is 0 Å². The second-order valence-corrected chi connectivity index (χ2v) is 13.8. The third-order valence-electron chi connectivity index (χ3n) is 5.95. The number of nitrogens with one attached hydrogen (secondary N) is 2. The summed E-state index contributed by atoms with van der Waals surface area (Å²) in [6, 6.07) is 31.8. The van der Waals surface area contributed by atoms with Crippen LogP contribution in [0.5, 0.6) is 0 Å². The summed E-state index contributed by atoms with van der Waals surface area (Å²) in [5.74, 6) is -0.213. The Morgan fingerprint density at radius 1 is 0.564 bits per heavy atom. The molecule has 2 atom stereocenters. The summed E-state index contributed by atoms with van der Waals surface area (Å²) in [7, 11) is -3.71. The van der Waals surface area contributed by atoms with E-state index in [0.717, 1.165) is 22.5 Å². The van der Waals surface area contributed by atoms with Gasteiger partial charge >= 0.3 is 0 Å². The van der Waals surface area contributed by atoms with E-state index in [9.17, 15) is 18.0 Å². The van der Waals surface area contributed by atoms with Crippen LogP contribution in [0.3, 0.4) is 0 Å². The second kappa shape index (κ2) is 13.5. The summed E-state index contributed by atoms with van der Waals surface area (Å²) < 4.78 is 25.8. The third kappa shape index (κ3) is 8.12. The van der Waals surface area contributed by atoms with Crippen molar-refractivity contribution >= 4 is 78.2 Å². The number of rotatable bonds is 10. The van der Waals surface area contributed by atoms with E-state index in [1.54, 1.807) is 48.5 Å². The van der Waals surface area contributed by atoms with Gasteiger partial charge in [0.2, 0.25) is 21.7 Å². The zero-order valence-corrected chi connectivity index (χ0v) is 25.9. The predicted octanol–water partition coefficient (Wildman–Crippen LogP) is 6.49. The van der Waals surface area contributed by atoms with Crippen molar-refractivity contribution in [1.29, 1.82) is 0 Å². The molecule has 0 saturated heterocycles. The highest BCUT2D eigenvalue weighted by Crippen LogP contribution is 2.24. The maximum Gasteiger partial charge on any atom is 0.237 e. The van der Waals surface area contributed by atoms with Crippen molar-refractivity contribution in [3.8, 4) is 0 Å². The van der Waals surface area contributed by atoms with Crippen molar-refractivity contribution in [2.75, 3.05) is 10.6 Å². The van der Waals surface area contributed by atoms with E-state index in [1.807, 2.05) is 60.7 Å². The number of carbonyl (C=O) groups is 2. The quantitative estimate of drug-likeness (QED) is 0.143. The van der Waals surface area contributed by atoms with Gasteiger partial charge in [-0.2, -0.15) is 0 Å². The normalized spacial score (nSPS) is 12.8. The summed E-state index contributed by atoms with van der Waals surface area (Å²) >= 11 is 4.19. The Hall–Kier alpha value is -2.77. The smallest absolute Gasteiger partial charge is 0.237 e. The number of hydrogen-bond donors (Lipinski definition) is 2. The molecule has 0 aromatic heterocycles. The van der Waals surface area contributed by atoms with Crippen molar-refractivity contribution in [2.45, 2.75) is 30.5 Å². The van der Waals surface area contributed by atoms with Gasteiger partial charge in [0, 0.05) is 11.4 Å². The van der Waals surface area contributed by atoms with E-state index in [2.05, 4.69) is 55.8 Å². The molecule has 6 nitrogen and oxygen atoms in total. The van der Waals surface area contributed by atoms with Gasteiger partial charge in [-0.05, 0) is 72.5 Å². The standard InChI is InChI=1S/C30H26I2N2O4S/c31-27(29(35)33-23-7-3-1-4-8-23)19-21-11-15-25(16-12-21)39(37,38)26-17-13-22(14-18-26)20-28(32)30(36)34-24-9-5-2-6-10-24/h1-18,27-28H,19-20H2,(H,33,35)(H,34,36). The Labute approximate surface area is 255 Å². The minimum absolute atomic E-state index is 0.107. The Morgan fingerprint density at radius 2 is 0.897 bits per heavy atom. The number of hydrogen-bond acceptors (Lipinski definition) is 4. The molecule has 0 saturated carbocycles. The van der Waals surface area contributed by atoms with Gasteiger partial charge in [-0.1, -0.05) is 106 Å². The number of para-hydroxylation sites is 2. The maximum atomic E-state index is 13.2. The lowest BCUT2D eigenvalue weighted by molar-refractivity contribution is -0.116. The van der Waals surface area contributed by atoms with Crippen LogP contribution in [0.2, 0.25) is 0 Å². The molecule has 9 heteroatoms. The number of anilines is 2. The first-order valence-electron chi connectivity index (χ1n) is 12.2. The third-order valence-corrected chi connectivity index (χ3v) is 9.75. The van der Waals surface area contributed by atoms with Crippen LogP contribution in [0.1, 0.15) is 11.1 Å². The second-order valence-electron chi connectivity index (χ2n) is 8.85. The fourth-order valence-corrected chi connectivity index (χ4v) is 6.42. The molecule has 4 rings (SSSR count). The highest BCUT2D eigenvalue weighted by molar-refractivity contribution is 14.1. The van der Waals surface area contributed by atoms with Gasteiger partial charge in [-0.3, -0.25) is 9.59 Å². The Balaban J connectivity index is 1.35. The van der Waals surface area contributed by atoms with E-state index in [-0.39, 0.29) is 29.5 Å². The van der Waals surface area contributed by atoms with Gasteiger partial charge in [0.1, 0.15) is 0 Å². The number of amides is 2. The minimum Gasteiger partial charge on any atom is -0.325 e. The van der Waals surface area contributed by atoms with Crippen molar-refractivity contribution in [3.63, 3.8) is 0 Å². The molecule has 0 spiro atoms. The van der Waals surface area contributed by atoms with Crippen LogP contribution >= 0.6 is 45.2 Å². The van der Waals surface area contributed by atoms with Gasteiger partial charge in [0.05, 0.1) is 17.6 Å². The highest BCUT2D eigenvalue weighted by Gasteiger charge is 2.20. The Kier molecular flexibility index (Phi) is 10.1. The fourth-order valence-electron chi connectivity index (χ4n) is 3.83. The first-order chi connectivity index (χ1) is 18.7. The van der Waals surface area contributed by atoms with E-state index in [0.29, 0.717) is 12.8 Å². The topological polar surface area (TPSA) is 92.3 Å². The van der Waals surface area contributed by atoms with E-state index in [4.69, 9.17) is 0 Å². The van der Waals surface area contributed by atoms with E-state index >= 15 is 0 Å². The summed E-state index contributed by atoms with van der Waals surface area (Å²) in [5.41, 5.74) is 3.21. The molecule has 39 heavy (non-hydrogen) atoms. The SMILES string of the molecule is O=C(Nc1ccccc1)C(I)Cc1ccc(S(=O)(=O)c2ccc(CC(I)C(=O)Nc3ccccc3)cc2)cc1. The molecule has 2 N–H and O–H groups in total. The lowest BCUT2D eigenvalue weighted by Crippen LogP contribution is -2.24. The summed E-state index contributed by atoms with van der Waals surface area (Å²) in [6.45, 7) is 0. The number of benzene rings is 4. The summed E-state index contributed by atoms with van der Waals surface area (Å²) in [6.07, 6.45) is 0.952. The molecule has 0 aliphatic heterocycles. The summed E-state index contributed by atoms with van der Waals surface area (Å²) in [5, 5.41) is 5.77. The van der Waals surface area contributed by atoms with Gasteiger partial charge in [-0.25, -0.2) is 8.42 Å². The molecule has 200 valence electrons. The molecule has 0 heterocycles. The average Bonchev–Trinajstić information content (AvgIpc) is 2.94. The molecule has 0 bridgehead atoms. The zero-order valence-electron chi connectivity index (χ0n) is 20.8. The lowest BCUT2D eigenvalue weighted by atomic mass is 10.1. The van der Waals surface area contributed by atoms with Gasteiger partial charge in [0.15, 0.2) is 0 Å². The van der Waals surface area contributed by atoms with Crippen molar-refractivity contribution < 1.29 is 18.0 Å². The van der Waals surface area contributed by atoms with Crippen LogP contribution in [0.15, 0.2) is 119 Å². The van der Waals surface area contributed by atoms with Crippen molar-refractivity contribution in [3.05, 3.63) is 120 Å². The molecule has 2 amide bonds.